The Bertz CT molecular complexity index is 528. The van der Waals surface area contributed by atoms with Gasteiger partial charge in [-0.1, -0.05) is 19.3 Å². The number of carbonyl (C=O) groups is 1. The van der Waals surface area contributed by atoms with Crippen LogP contribution in [0.5, 0.6) is 0 Å². The van der Waals surface area contributed by atoms with Crippen LogP contribution in [0.4, 0.5) is 0 Å². The molecule has 1 saturated heterocycles. The molecule has 4 nitrogen and oxygen atoms in total. The predicted molar refractivity (Wildman–Crippen MR) is 96.1 cm³/mol. The molecule has 2 heterocycles. The summed E-state index contributed by atoms with van der Waals surface area (Å²) in [7, 11) is 4.29. The first kappa shape index (κ1) is 16.9. The first-order valence-corrected chi connectivity index (χ1v) is 9.71. The van der Waals surface area contributed by atoms with Crippen molar-refractivity contribution in [3.63, 3.8) is 0 Å². The Balaban J connectivity index is 1.60. The second-order valence-electron chi connectivity index (χ2n) is 7.21. The van der Waals surface area contributed by atoms with Crippen molar-refractivity contribution in [2.45, 2.75) is 56.5 Å². The number of carbonyl (C=O) groups excluding carboxylic acids is 1. The maximum absolute atomic E-state index is 12.5. The summed E-state index contributed by atoms with van der Waals surface area (Å²) in [5.41, 5.74) is 0.140. The van der Waals surface area contributed by atoms with Crippen molar-refractivity contribution in [3.8, 4) is 0 Å². The number of amides is 1. The largest absolute Gasteiger partial charge is 0.349 e. The minimum atomic E-state index is 0.0889. The summed E-state index contributed by atoms with van der Waals surface area (Å²) in [6.07, 6.45) is 8.64. The Kier molecular flexibility index (Phi) is 5.39. The van der Waals surface area contributed by atoms with Gasteiger partial charge in [0.2, 0.25) is 0 Å². The second-order valence-corrected chi connectivity index (χ2v) is 8.33. The smallest absolute Gasteiger partial charge is 0.261 e. The Morgan fingerprint density at radius 2 is 2.09 bits per heavy atom. The Hall–Kier alpha value is -0.910. The molecule has 128 valence electrons. The van der Waals surface area contributed by atoms with E-state index in [-0.39, 0.29) is 11.4 Å². The minimum Gasteiger partial charge on any atom is -0.349 e. The molecule has 2 fully saturated rings. The monoisotopic (exact) mass is 335 g/mol. The molecule has 1 aliphatic heterocycles. The molecule has 23 heavy (non-hydrogen) atoms. The lowest BCUT2D eigenvalue weighted by Gasteiger charge is -2.43. The molecule has 1 aliphatic carbocycles. The Labute approximate surface area is 143 Å². The summed E-state index contributed by atoms with van der Waals surface area (Å²) in [5.74, 6) is 0.0889. The van der Waals surface area contributed by atoms with E-state index >= 15 is 0 Å². The molecule has 0 spiro atoms. The van der Waals surface area contributed by atoms with Gasteiger partial charge < -0.3 is 15.5 Å². The number of hydrogen-bond donors (Lipinski definition) is 2. The van der Waals surface area contributed by atoms with E-state index in [2.05, 4.69) is 35.7 Å². The van der Waals surface area contributed by atoms with Gasteiger partial charge in [-0.15, -0.1) is 11.3 Å². The summed E-state index contributed by atoms with van der Waals surface area (Å²) in [5, 5.41) is 6.71. The van der Waals surface area contributed by atoms with Crippen LogP contribution in [0, 0.1) is 0 Å². The second kappa shape index (κ2) is 7.32. The van der Waals surface area contributed by atoms with Crippen LogP contribution < -0.4 is 10.6 Å². The van der Waals surface area contributed by atoms with E-state index < -0.39 is 0 Å². The normalized spacial score (nSPS) is 24.0. The summed E-state index contributed by atoms with van der Waals surface area (Å²) in [6.45, 7) is 1.85. The summed E-state index contributed by atoms with van der Waals surface area (Å²) in [4.78, 5) is 17.0. The van der Waals surface area contributed by atoms with E-state index in [0.717, 1.165) is 18.0 Å². The molecule has 1 unspecified atom stereocenters. The SMILES string of the molecule is CN(C)C1(CNC(=O)c2ccc(C3CCCN3)s2)CCCCC1. The van der Waals surface area contributed by atoms with Gasteiger partial charge in [0, 0.05) is 23.0 Å². The lowest BCUT2D eigenvalue weighted by molar-refractivity contribution is 0.0802. The molecule has 2 aliphatic rings. The molecule has 3 rings (SSSR count). The molecular weight excluding hydrogens is 306 g/mol. The molecule has 1 saturated carbocycles. The van der Waals surface area contributed by atoms with Gasteiger partial charge >= 0.3 is 0 Å². The van der Waals surface area contributed by atoms with E-state index in [9.17, 15) is 4.79 Å². The fourth-order valence-electron chi connectivity index (χ4n) is 3.91. The van der Waals surface area contributed by atoms with Crippen LogP contribution in [0.15, 0.2) is 12.1 Å². The van der Waals surface area contributed by atoms with Crippen molar-refractivity contribution in [3.05, 3.63) is 21.9 Å². The fraction of sp³-hybridized carbons (Fsp3) is 0.722. The highest BCUT2D eigenvalue weighted by atomic mass is 32.1. The van der Waals surface area contributed by atoms with Gasteiger partial charge in [0.1, 0.15) is 0 Å². The zero-order chi connectivity index (χ0) is 16.3. The van der Waals surface area contributed by atoms with Crippen LogP contribution in [-0.2, 0) is 0 Å². The highest BCUT2D eigenvalue weighted by Gasteiger charge is 2.34. The van der Waals surface area contributed by atoms with Gasteiger partial charge in [0.05, 0.1) is 4.88 Å². The van der Waals surface area contributed by atoms with Crippen LogP contribution in [0.3, 0.4) is 0 Å². The van der Waals surface area contributed by atoms with E-state index in [0.29, 0.717) is 6.04 Å². The van der Waals surface area contributed by atoms with Gasteiger partial charge in [0.25, 0.3) is 5.91 Å². The predicted octanol–water partition coefficient (Wildman–Crippen LogP) is 3.17. The number of likely N-dealkylation sites (N-methyl/N-ethyl adjacent to an activating group) is 1. The number of nitrogens with one attached hydrogen (secondary N) is 2. The minimum absolute atomic E-state index is 0.0889. The highest BCUT2D eigenvalue weighted by molar-refractivity contribution is 7.14. The number of rotatable bonds is 5. The maximum Gasteiger partial charge on any atom is 0.261 e. The molecule has 0 radical (unpaired) electrons. The average molecular weight is 336 g/mol. The van der Waals surface area contributed by atoms with E-state index in [4.69, 9.17) is 0 Å². The van der Waals surface area contributed by atoms with Gasteiger partial charge in [-0.25, -0.2) is 0 Å². The van der Waals surface area contributed by atoms with Gasteiger partial charge in [-0.3, -0.25) is 4.79 Å². The van der Waals surface area contributed by atoms with Crippen molar-refractivity contribution in [2.24, 2.45) is 0 Å². The van der Waals surface area contributed by atoms with Gasteiger partial charge in [0.15, 0.2) is 0 Å². The molecule has 0 bridgehead atoms. The Morgan fingerprint density at radius 3 is 2.74 bits per heavy atom. The molecule has 2 N–H and O–H groups in total. The van der Waals surface area contributed by atoms with Crippen molar-refractivity contribution in [2.75, 3.05) is 27.2 Å². The lowest BCUT2D eigenvalue weighted by atomic mass is 9.80. The molecule has 1 amide bonds. The van der Waals surface area contributed by atoms with Crippen LogP contribution in [-0.4, -0.2) is 43.5 Å². The highest BCUT2D eigenvalue weighted by Crippen LogP contribution is 2.32. The number of nitrogens with zero attached hydrogens (tertiary/aromatic N) is 1. The van der Waals surface area contributed by atoms with Crippen molar-refractivity contribution in [1.82, 2.24) is 15.5 Å². The zero-order valence-corrected chi connectivity index (χ0v) is 15.2. The van der Waals surface area contributed by atoms with Crippen LogP contribution >= 0.6 is 11.3 Å². The fourth-order valence-corrected chi connectivity index (χ4v) is 4.95. The summed E-state index contributed by atoms with van der Waals surface area (Å²) < 4.78 is 0. The van der Waals surface area contributed by atoms with Gasteiger partial charge in [-0.2, -0.15) is 0 Å². The molecule has 1 aromatic rings. The van der Waals surface area contributed by atoms with E-state index in [1.165, 1.54) is 49.8 Å². The molecular formula is C18H29N3OS. The first-order chi connectivity index (χ1) is 11.1. The van der Waals surface area contributed by atoms with Crippen molar-refractivity contribution < 1.29 is 4.79 Å². The standard InChI is InChI=1S/C18H29N3OS/c1-21(2)18(10-4-3-5-11-18)13-20-17(22)16-9-8-15(23-16)14-7-6-12-19-14/h8-9,14,19H,3-7,10-13H2,1-2H3,(H,20,22). The quantitative estimate of drug-likeness (QED) is 0.869. The average Bonchev–Trinajstić information content (AvgIpc) is 3.24. The van der Waals surface area contributed by atoms with Crippen LogP contribution in [0.1, 0.15) is 65.5 Å². The third-order valence-electron chi connectivity index (χ3n) is 5.57. The van der Waals surface area contributed by atoms with Crippen LogP contribution in [0.2, 0.25) is 0 Å². The lowest BCUT2D eigenvalue weighted by Crippen LogP contribution is -2.53. The zero-order valence-electron chi connectivity index (χ0n) is 14.4. The van der Waals surface area contributed by atoms with E-state index in [1.807, 2.05) is 6.07 Å². The maximum atomic E-state index is 12.5. The number of thiophene rings is 1. The summed E-state index contributed by atoms with van der Waals surface area (Å²) in [6, 6.07) is 4.55. The van der Waals surface area contributed by atoms with Crippen LogP contribution in [0.25, 0.3) is 0 Å². The number of hydrogen-bond acceptors (Lipinski definition) is 4. The molecule has 5 heteroatoms. The third-order valence-corrected chi connectivity index (χ3v) is 6.76. The Morgan fingerprint density at radius 1 is 1.30 bits per heavy atom. The summed E-state index contributed by atoms with van der Waals surface area (Å²) >= 11 is 1.64. The van der Waals surface area contributed by atoms with Gasteiger partial charge in [-0.05, 0) is 58.5 Å². The molecule has 0 aromatic carbocycles. The topological polar surface area (TPSA) is 44.4 Å². The van der Waals surface area contributed by atoms with E-state index in [1.54, 1.807) is 11.3 Å². The first-order valence-electron chi connectivity index (χ1n) is 8.89. The van der Waals surface area contributed by atoms with Crippen molar-refractivity contribution in [1.29, 1.82) is 0 Å². The third kappa shape index (κ3) is 3.78. The molecule has 1 atom stereocenters. The molecule has 1 aromatic heterocycles. The van der Waals surface area contributed by atoms with Crippen molar-refractivity contribution >= 4 is 17.2 Å².